The minimum atomic E-state index is 1.01. The molecule has 0 aromatic heterocycles. The summed E-state index contributed by atoms with van der Waals surface area (Å²) in [6.45, 7) is 6.33. The molecule has 0 atom stereocenters. The highest BCUT2D eigenvalue weighted by atomic mass is 14.8. The van der Waals surface area contributed by atoms with Gasteiger partial charge in [-0.2, -0.15) is 0 Å². The molecule has 0 unspecified atom stereocenters. The first kappa shape index (κ1) is 14.3. The number of allylic oxidation sites excluding steroid dienone is 2. The molecule has 1 heteroatoms. The lowest BCUT2D eigenvalue weighted by Gasteiger charge is -2.10. The zero-order valence-corrected chi connectivity index (χ0v) is 12.4. The number of hydrogen-bond acceptors (Lipinski definition) is 1. The van der Waals surface area contributed by atoms with Crippen molar-refractivity contribution in [3.8, 4) is 0 Å². The summed E-state index contributed by atoms with van der Waals surface area (Å²) in [6.07, 6.45) is 3.16. The highest BCUT2D eigenvalue weighted by Gasteiger charge is 2.09. The molecule has 2 aromatic carbocycles. The molecule has 102 valence electrons. The number of aryl methyl sites for hydroxylation is 1. The second kappa shape index (κ2) is 6.85. The molecule has 0 heterocycles. The molecule has 0 N–H and O–H groups in total. The topological polar surface area (TPSA) is 12.4 Å². The van der Waals surface area contributed by atoms with Crippen LogP contribution in [0, 0.1) is 6.92 Å². The van der Waals surface area contributed by atoms with Gasteiger partial charge in [0.25, 0.3) is 0 Å². The second-order valence-electron chi connectivity index (χ2n) is 4.90. The van der Waals surface area contributed by atoms with Gasteiger partial charge in [0.15, 0.2) is 0 Å². The van der Waals surface area contributed by atoms with Crippen molar-refractivity contribution < 1.29 is 0 Å². The van der Waals surface area contributed by atoms with E-state index in [4.69, 9.17) is 4.99 Å². The highest BCUT2D eigenvalue weighted by Crippen LogP contribution is 2.17. The van der Waals surface area contributed by atoms with Crippen LogP contribution in [0.2, 0.25) is 0 Å². The Morgan fingerprint density at radius 3 is 2.30 bits per heavy atom. The van der Waals surface area contributed by atoms with Crippen molar-refractivity contribution in [3.63, 3.8) is 0 Å². The van der Waals surface area contributed by atoms with Gasteiger partial charge >= 0.3 is 0 Å². The van der Waals surface area contributed by atoms with Crippen molar-refractivity contribution >= 4 is 5.71 Å². The van der Waals surface area contributed by atoms with Crippen LogP contribution in [0.3, 0.4) is 0 Å². The molecule has 20 heavy (non-hydrogen) atoms. The van der Waals surface area contributed by atoms with E-state index in [1.807, 2.05) is 6.07 Å². The Bertz CT molecular complexity index is 621. The molecule has 1 nitrogen and oxygen atoms in total. The zero-order valence-electron chi connectivity index (χ0n) is 12.4. The SMILES string of the molecule is CC/C=C(\C)N=C(c1ccccc1)c1ccccc1C. The predicted molar refractivity (Wildman–Crippen MR) is 87.3 cm³/mol. The van der Waals surface area contributed by atoms with E-state index in [-0.39, 0.29) is 0 Å². The lowest BCUT2D eigenvalue weighted by molar-refractivity contribution is 1.15. The van der Waals surface area contributed by atoms with Crippen molar-refractivity contribution in [2.75, 3.05) is 0 Å². The summed E-state index contributed by atoms with van der Waals surface area (Å²) in [5.74, 6) is 0. The van der Waals surface area contributed by atoms with E-state index >= 15 is 0 Å². The Morgan fingerprint density at radius 2 is 1.65 bits per heavy atom. The maximum atomic E-state index is 4.85. The summed E-state index contributed by atoms with van der Waals surface area (Å²) in [4.78, 5) is 4.85. The molecular formula is C19H21N. The maximum absolute atomic E-state index is 4.85. The van der Waals surface area contributed by atoms with Crippen LogP contribution in [0.4, 0.5) is 0 Å². The molecule has 0 aliphatic heterocycles. The van der Waals surface area contributed by atoms with Gasteiger partial charge in [-0.15, -0.1) is 0 Å². The Balaban J connectivity index is 2.57. The van der Waals surface area contributed by atoms with Crippen molar-refractivity contribution in [1.29, 1.82) is 0 Å². The fraction of sp³-hybridized carbons (Fsp3) is 0.211. The molecule has 2 rings (SSSR count). The summed E-state index contributed by atoms with van der Waals surface area (Å²) in [6, 6.07) is 18.8. The van der Waals surface area contributed by atoms with Gasteiger partial charge in [0.2, 0.25) is 0 Å². The number of benzene rings is 2. The van der Waals surface area contributed by atoms with Gasteiger partial charge < -0.3 is 0 Å². The number of rotatable bonds is 4. The van der Waals surface area contributed by atoms with Crippen LogP contribution < -0.4 is 0 Å². The molecule has 0 amide bonds. The molecule has 0 spiro atoms. The molecule has 0 radical (unpaired) electrons. The summed E-state index contributed by atoms with van der Waals surface area (Å²) in [5.41, 5.74) is 5.72. The fourth-order valence-corrected chi connectivity index (χ4v) is 2.23. The normalized spacial score (nSPS) is 12.6. The average molecular weight is 263 g/mol. The van der Waals surface area contributed by atoms with Gasteiger partial charge in [0.05, 0.1) is 5.71 Å². The minimum absolute atomic E-state index is 1.01. The predicted octanol–water partition coefficient (Wildman–Crippen LogP) is 5.15. The van der Waals surface area contributed by atoms with Gasteiger partial charge in [0, 0.05) is 16.8 Å². The quantitative estimate of drug-likeness (QED) is 0.677. The fourth-order valence-electron chi connectivity index (χ4n) is 2.23. The van der Waals surface area contributed by atoms with E-state index in [9.17, 15) is 0 Å². The Kier molecular flexibility index (Phi) is 4.89. The van der Waals surface area contributed by atoms with Crippen LogP contribution >= 0.6 is 0 Å². The summed E-state index contributed by atoms with van der Waals surface area (Å²) < 4.78 is 0. The number of hydrogen-bond donors (Lipinski definition) is 0. The molecule has 0 fully saturated rings. The third-order valence-corrected chi connectivity index (χ3v) is 3.24. The standard InChI is InChI=1S/C19H21N/c1-4-10-16(3)20-19(17-12-6-5-7-13-17)18-14-9-8-11-15(18)2/h5-14H,4H2,1-3H3/b16-10+,20-19?. The van der Waals surface area contributed by atoms with Crippen molar-refractivity contribution in [3.05, 3.63) is 83.1 Å². The van der Waals surface area contributed by atoms with Crippen LogP contribution in [-0.2, 0) is 0 Å². The third kappa shape index (κ3) is 3.45. The van der Waals surface area contributed by atoms with E-state index in [1.165, 1.54) is 11.1 Å². The van der Waals surface area contributed by atoms with Crippen LogP contribution in [0.25, 0.3) is 0 Å². The Morgan fingerprint density at radius 1 is 1.00 bits per heavy atom. The maximum Gasteiger partial charge on any atom is 0.0779 e. The summed E-state index contributed by atoms with van der Waals surface area (Å²) >= 11 is 0. The number of nitrogens with zero attached hydrogens (tertiary/aromatic N) is 1. The van der Waals surface area contributed by atoms with Gasteiger partial charge in [-0.1, -0.05) is 67.6 Å². The Hall–Kier alpha value is -2.15. The Labute approximate surface area is 121 Å². The summed E-state index contributed by atoms with van der Waals surface area (Å²) in [5, 5.41) is 0. The van der Waals surface area contributed by atoms with Crippen molar-refractivity contribution in [2.45, 2.75) is 27.2 Å². The minimum Gasteiger partial charge on any atom is -0.253 e. The van der Waals surface area contributed by atoms with Gasteiger partial charge in [-0.25, -0.2) is 0 Å². The molecule has 2 aromatic rings. The van der Waals surface area contributed by atoms with E-state index in [1.54, 1.807) is 0 Å². The van der Waals surface area contributed by atoms with E-state index in [0.717, 1.165) is 23.4 Å². The molecule has 0 saturated heterocycles. The average Bonchev–Trinajstić information content (AvgIpc) is 2.47. The smallest absolute Gasteiger partial charge is 0.0779 e. The van der Waals surface area contributed by atoms with Gasteiger partial charge in [0.1, 0.15) is 0 Å². The molecule has 0 aliphatic carbocycles. The molecule has 0 bridgehead atoms. The lowest BCUT2D eigenvalue weighted by Crippen LogP contribution is -2.05. The number of aliphatic imine (C=N–C) groups is 1. The molecule has 0 saturated carbocycles. The first-order valence-electron chi connectivity index (χ1n) is 7.09. The van der Waals surface area contributed by atoms with Crippen molar-refractivity contribution in [1.82, 2.24) is 0 Å². The van der Waals surface area contributed by atoms with Gasteiger partial charge in [-0.3, -0.25) is 4.99 Å². The lowest BCUT2D eigenvalue weighted by atomic mass is 9.98. The molecular weight excluding hydrogens is 242 g/mol. The van der Waals surface area contributed by atoms with E-state index < -0.39 is 0 Å². The highest BCUT2D eigenvalue weighted by molar-refractivity contribution is 6.14. The van der Waals surface area contributed by atoms with E-state index in [2.05, 4.69) is 75.4 Å². The zero-order chi connectivity index (χ0) is 14.4. The monoisotopic (exact) mass is 263 g/mol. The molecule has 0 aliphatic rings. The van der Waals surface area contributed by atoms with Crippen LogP contribution in [-0.4, -0.2) is 5.71 Å². The van der Waals surface area contributed by atoms with Crippen LogP contribution in [0.1, 0.15) is 37.0 Å². The largest absolute Gasteiger partial charge is 0.253 e. The van der Waals surface area contributed by atoms with Crippen LogP contribution in [0.5, 0.6) is 0 Å². The summed E-state index contributed by atoms with van der Waals surface area (Å²) in [7, 11) is 0. The first-order valence-corrected chi connectivity index (χ1v) is 7.09. The second-order valence-corrected chi connectivity index (χ2v) is 4.90. The van der Waals surface area contributed by atoms with E-state index in [0.29, 0.717) is 0 Å². The van der Waals surface area contributed by atoms with Gasteiger partial charge in [-0.05, 0) is 25.8 Å². The van der Waals surface area contributed by atoms with Crippen molar-refractivity contribution in [2.24, 2.45) is 4.99 Å². The third-order valence-electron chi connectivity index (χ3n) is 3.24. The first-order chi connectivity index (χ1) is 9.72. The van der Waals surface area contributed by atoms with Crippen LogP contribution in [0.15, 0.2) is 71.4 Å².